The number of ether oxygens (including phenoxy) is 3. The van der Waals surface area contributed by atoms with Gasteiger partial charge in [0.05, 0.1) is 33.5 Å². The van der Waals surface area contributed by atoms with Crippen LogP contribution in [0.2, 0.25) is 15.1 Å². The summed E-state index contributed by atoms with van der Waals surface area (Å²) in [6.45, 7) is 7.69. The number of halogens is 3. The third-order valence-corrected chi connectivity index (χ3v) is 8.45. The second-order valence-corrected chi connectivity index (χ2v) is 12.5. The van der Waals surface area contributed by atoms with Gasteiger partial charge in [-0.3, -0.25) is 9.36 Å². The number of allylic oxidation sites excluding steroid dienone is 1. The number of carbonyl (C=O) groups excluding carboxylic acids is 1. The van der Waals surface area contributed by atoms with Crippen molar-refractivity contribution < 1.29 is 19.0 Å². The standard InChI is InChI=1S/C33H29Cl3N2O5S/c1-5-41-32(40)28-19(4)37-33-38(29(28)24-8-6-7-9-26(24)43-18(2)3)31(39)27(44-33)15-21-14-23(35)16-25(36)30(21)42-17-20-10-12-22(34)13-11-20/h6-16,18,29H,5,17H2,1-4H3/b27-15-/t29-/m0/s1. The number of hydrogen-bond donors (Lipinski definition) is 0. The molecule has 11 heteroatoms. The normalized spacial score (nSPS) is 14.8. The number of aromatic nitrogens is 1. The summed E-state index contributed by atoms with van der Waals surface area (Å²) in [5, 5.41) is 1.29. The Morgan fingerprint density at radius 1 is 1.07 bits per heavy atom. The maximum Gasteiger partial charge on any atom is 0.338 e. The van der Waals surface area contributed by atoms with E-state index in [0.717, 1.165) is 5.56 Å². The number of thiazole rings is 1. The van der Waals surface area contributed by atoms with E-state index in [1.165, 1.54) is 15.9 Å². The highest BCUT2D eigenvalue weighted by Crippen LogP contribution is 2.37. The fourth-order valence-electron chi connectivity index (χ4n) is 4.87. The molecule has 1 aliphatic rings. The molecule has 0 spiro atoms. The maximum atomic E-state index is 14.2. The lowest BCUT2D eigenvalue weighted by atomic mass is 9.95. The van der Waals surface area contributed by atoms with Gasteiger partial charge in [0.2, 0.25) is 0 Å². The van der Waals surface area contributed by atoms with Crippen molar-refractivity contribution in [2.45, 2.75) is 46.4 Å². The zero-order chi connectivity index (χ0) is 31.5. The predicted molar refractivity (Wildman–Crippen MR) is 175 cm³/mol. The van der Waals surface area contributed by atoms with Gasteiger partial charge in [0.15, 0.2) is 4.80 Å². The van der Waals surface area contributed by atoms with Gasteiger partial charge in [-0.15, -0.1) is 0 Å². The maximum absolute atomic E-state index is 14.2. The van der Waals surface area contributed by atoms with Gasteiger partial charge < -0.3 is 14.2 Å². The van der Waals surface area contributed by atoms with Crippen molar-refractivity contribution in [3.8, 4) is 11.5 Å². The van der Waals surface area contributed by atoms with Gasteiger partial charge in [0.1, 0.15) is 24.1 Å². The van der Waals surface area contributed by atoms with Gasteiger partial charge in [0, 0.05) is 21.2 Å². The first kappa shape index (κ1) is 31.9. The van der Waals surface area contributed by atoms with Crippen molar-refractivity contribution in [2.75, 3.05) is 6.61 Å². The Balaban J connectivity index is 1.67. The van der Waals surface area contributed by atoms with Crippen LogP contribution in [0.3, 0.4) is 0 Å². The molecule has 0 saturated heterocycles. The van der Waals surface area contributed by atoms with Crippen LogP contribution in [0.4, 0.5) is 0 Å². The molecule has 0 amide bonds. The Bertz CT molecular complexity index is 1930. The van der Waals surface area contributed by atoms with Gasteiger partial charge in [-0.05, 0) is 69.7 Å². The zero-order valence-corrected chi connectivity index (χ0v) is 27.5. The minimum absolute atomic E-state index is 0.137. The van der Waals surface area contributed by atoms with Crippen LogP contribution in [0.1, 0.15) is 50.4 Å². The summed E-state index contributed by atoms with van der Waals surface area (Å²) < 4.78 is 19.5. The van der Waals surface area contributed by atoms with Crippen LogP contribution in [0.15, 0.2) is 81.7 Å². The van der Waals surface area contributed by atoms with E-state index >= 15 is 0 Å². The molecular weight excluding hydrogens is 643 g/mol. The molecule has 0 N–H and O–H groups in total. The number of hydrogen-bond acceptors (Lipinski definition) is 7. The zero-order valence-electron chi connectivity index (χ0n) is 24.4. The van der Waals surface area contributed by atoms with Crippen molar-refractivity contribution in [3.05, 3.63) is 123 Å². The fraction of sp³-hybridized carbons (Fsp3) is 0.242. The van der Waals surface area contributed by atoms with Crippen LogP contribution in [0, 0.1) is 0 Å². The van der Waals surface area contributed by atoms with E-state index in [2.05, 4.69) is 4.99 Å². The highest BCUT2D eigenvalue weighted by molar-refractivity contribution is 7.07. The number of para-hydroxylation sites is 1. The molecule has 228 valence electrons. The van der Waals surface area contributed by atoms with Crippen LogP contribution in [0.5, 0.6) is 11.5 Å². The Labute approximate surface area is 273 Å². The quantitative estimate of drug-likeness (QED) is 0.177. The average Bonchev–Trinajstić information content (AvgIpc) is 3.26. The molecule has 5 rings (SSSR count). The largest absolute Gasteiger partial charge is 0.491 e. The van der Waals surface area contributed by atoms with Crippen molar-refractivity contribution >= 4 is 58.2 Å². The van der Waals surface area contributed by atoms with E-state index in [1.54, 1.807) is 44.2 Å². The first-order chi connectivity index (χ1) is 21.1. The lowest BCUT2D eigenvalue weighted by molar-refractivity contribution is -0.139. The van der Waals surface area contributed by atoms with Gasteiger partial charge in [-0.1, -0.05) is 76.5 Å². The van der Waals surface area contributed by atoms with E-state index in [1.807, 2.05) is 50.2 Å². The van der Waals surface area contributed by atoms with E-state index < -0.39 is 12.0 Å². The van der Waals surface area contributed by atoms with Gasteiger partial charge in [-0.25, -0.2) is 9.79 Å². The molecule has 0 bridgehead atoms. The molecule has 3 aromatic carbocycles. The molecule has 4 aromatic rings. The second-order valence-electron chi connectivity index (χ2n) is 10.2. The number of nitrogens with zero attached hydrogens (tertiary/aromatic N) is 2. The van der Waals surface area contributed by atoms with Crippen LogP contribution < -0.4 is 24.4 Å². The van der Waals surface area contributed by atoms with E-state index in [4.69, 9.17) is 49.0 Å². The Kier molecular flexibility index (Phi) is 9.85. The monoisotopic (exact) mass is 670 g/mol. The highest BCUT2D eigenvalue weighted by atomic mass is 35.5. The lowest BCUT2D eigenvalue weighted by Gasteiger charge is -2.26. The third kappa shape index (κ3) is 6.74. The van der Waals surface area contributed by atoms with Crippen LogP contribution in [-0.4, -0.2) is 23.2 Å². The molecular formula is C33H29Cl3N2O5S. The smallest absolute Gasteiger partial charge is 0.338 e. The summed E-state index contributed by atoms with van der Waals surface area (Å²) in [5.41, 5.74) is 2.41. The summed E-state index contributed by atoms with van der Waals surface area (Å²) in [6.07, 6.45) is 1.54. The first-order valence-corrected chi connectivity index (χ1v) is 15.8. The number of rotatable bonds is 9. The number of carbonyl (C=O) groups is 1. The molecule has 1 aromatic heterocycles. The molecule has 2 heterocycles. The van der Waals surface area contributed by atoms with Crippen LogP contribution in [0.25, 0.3) is 6.08 Å². The van der Waals surface area contributed by atoms with E-state index in [-0.39, 0.29) is 30.5 Å². The molecule has 0 radical (unpaired) electrons. The molecule has 44 heavy (non-hydrogen) atoms. The third-order valence-electron chi connectivity index (χ3n) is 6.71. The van der Waals surface area contributed by atoms with E-state index in [0.29, 0.717) is 52.7 Å². The minimum Gasteiger partial charge on any atom is -0.491 e. The summed E-state index contributed by atoms with van der Waals surface area (Å²) in [5.74, 6) is 0.373. The second kappa shape index (κ2) is 13.6. The summed E-state index contributed by atoms with van der Waals surface area (Å²) >= 11 is 20.2. The van der Waals surface area contributed by atoms with E-state index in [9.17, 15) is 9.59 Å². The first-order valence-electron chi connectivity index (χ1n) is 13.9. The molecule has 1 atom stereocenters. The predicted octanol–water partition coefficient (Wildman–Crippen LogP) is 7.12. The minimum atomic E-state index is -0.828. The van der Waals surface area contributed by atoms with Crippen molar-refractivity contribution in [1.82, 2.24) is 4.57 Å². The van der Waals surface area contributed by atoms with Crippen LogP contribution in [-0.2, 0) is 16.1 Å². The number of esters is 1. The molecule has 0 unspecified atom stereocenters. The summed E-state index contributed by atoms with van der Waals surface area (Å²) in [6, 6.07) is 17.1. The molecule has 1 aliphatic heterocycles. The Hall–Kier alpha value is -3.56. The fourth-order valence-corrected chi connectivity index (χ4v) is 6.60. The van der Waals surface area contributed by atoms with Gasteiger partial charge in [0.25, 0.3) is 5.56 Å². The number of benzene rings is 3. The topological polar surface area (TPSA) is 79.1 Å². The van der Waals surface area contributed by atoms with Crippen molar-refractivity contribution in [3.63, 3.8) is 0 Å². The SMILES string of the molecule is CCOC(=O)C1=C(C)N=c2s/c(=C\c3cc(Cl)cc(Cl)c3OCc3ccc(Cl)cc3)c(=O)n2[C@H]1c1ccccc1OC(C)C. The van der Waals surface area contributed by atoms with Gasteiger partial charge >= 0.3 is 5.97 Å². The molecule has 0 fully saturated rings. The molecule has 7 nitrogen and oxygen atoms in total. The number of fused-ring (bicyclic) bond motifs is 1. The summed E-state index contributed by atoms with van der Waals surface area (Å²) in [4.78, 5) is 32.6. The molecule has 0 saturated carbocycles. The Morgan fingerprint density at radius 2 is 1.80 bits per heavy atom. The van der Waals surface area contributed by atoms with Crippen molar-refractivity contribution in [2.24, 2.45) is 4.99 Å². The Morgan fingerprint density at radius 3 is 2.50 bits per heavy atom. The average molecular weight is 672 g/mol. The van der Waals surface area contributed by atoms with Gasteiger partial charge in [-0.2, -0.15) is 0 Å². The van der Waals surface area contributed by atoms with Crippen LogP contribution >= 0.6 is 46.1 Å². The summed E-state index contributed by atoms with van der Waals surface area (Å²) in [7, 11) is 0. The highest BCUT2D eigenvalue weighted by Gasteiger charge is 2.35. The lowest BCUT2D eigenvalue weighted by Crippen LogP contribution is -2.40. The van der Waals surface area contributed by atoms with Crippen molar-refractivity contribution in [1.29, 1.82) is 0 Å². The molecule has 0 aliphatic carbocycles.